The van der Waals surface area contributed by atoms with Crippen molar-refractivity contribution in [3.63, 3.8) is 0 Å². The molecule has 0 atom stereocenters. The van der Waals surface area contributed by atoms with Gasteiger partial charge in [0, 0.05) is 55.0 Å². The highest BCUT2D eigenvalue weighted by Gasteiger charge is 2.34. The average Bonchev–Trinajstić information content (AvgIpc) is 3.13. The Hall–Kier alpha value is -3.52. The Morgan fingerprint density at radius 2 is 1.10 bits per heavy atom. The predicted octanol–water partition coefficient (Wildman–Crippen LogP) is 10.9. The van der Waals surface area contributed by atoms with Crippen LogP contribution in [-0.2, 0) is 4.74 Å². The molecule has 1 fully saturated rings. The van der Waals surface area contributed by atoms with Crippen LogP contribution >= 0.6 is 23.5 Å². The Morgan fingerprint density at radius 3 is 1.61 bits per heavy atom. The first-order chi connectivity index (χ1) is 24.0. The van der Waals surface area contributed by atoms with Gasteiger partial charge in [0.1, 0.15) is 11.5 Å². The van der Waals surface area contributed by atoms with E-state index in [-0.39, 0.29) is 11.6 Å². The van der Waals surface area contributed by atoms with Crippen molar-refractivity contribution >= 4 is 35.1 Å². The molecule has 7 heteroatoms. The zero-order valence-electron chi connectivity index (χ0n) is 28.6. The van der Waals surface area contributed by atoms with Gasteiger partial charge in [-0.1, -0.05) is 74.0 Å². The third-order valence-corrected chi connectivity index (χ3v) is 11.5. The lowest BCUT2D eigenvalue weighted by Crippen LogP contribution is -2.22. The standard InChI is InChI=1S/C42H46O5S2/c1-3-5-6-7-26-46-31-18-22-33(23-19-31)48-37-12-8-10-35-39(37)41(43)36-11-9-13-38(40(36)42(35)44)49-34-24-20-32(21-25-34)47-28-30-16-14-29(15-17-30)27-45-4-2/h8-13,18-25,29-30H,3-7,14-17,26-28H2,1-2H3. The summed E-state index contributed by atoms with van der Waals surface area (Å²) in [5.74, 6) is 2.73. The maximum atomic E-state index is 14.0. The van der Waals surface area contributed by atoms with E-state index in [9.17, 15) is 9.59 Å². The molecule has 0 spiro atoms. The molecule has 49 heavy (non-hydrogen) atoms. The van der Waals surface area contributed by atoms with Gasteiger partial charge < -0.3 is 14.2 Å². The number of ether oxygens (including phenoxy) is 3. The lowest BCUT2D eigenvalue weighted by molar-refractivity contribution is 0.0792. The molecule has 1 saturated carbocycles. The van der Waals surface area contributed by atoms with Crippen LogP contribution in [0.2, 0.25) is 0 Å². The van der Waals surface area contributed by atoms with Gasteiger partial charge in [-0.25, -0.2) is 0 Å². The average molecular weight is 695 g/mol. The van der Waals surface area contributed by atoms with Crippen LogP contribution in [0.15, 0.2) is 105 Å². The Kier molecular flexibility index (Phi) is 12.6. The number of unbranched alkanes of at least 4 members (excludes halogenated alkanes) is 3. The molecular weight excluding hydrogens is 649 g/mol. The van der Waals surface area contributed by atoms with Crippen LogP contribution in [0.3, 0.4) is 0 Å². The van der Waals surface area contributed by atoms with E-state index < -0.39 is 0 Å². The second-order valence-corrected chi connectivity index (χ2v) is 15.2. The van der Waals surface area contributed by atoms with E-state index in [1.165, 1.54) is 68.5 Å². The minimum atomic E-state index is -0.113. The fourth-order valence-electron chi connectivity index (χ4n) is 6.59. The van der Waals surface area contributed by atoms with E-state index in [1.54, 1.807) is 12.1 Å². The molecule has 2 aliphatic rings. The van der Waals surface area contributed by atoms with Gasteiger partial charge in [0.05, 0.1) is 13.2 Å². The Bertz CT molecular complexity index is 1710. The van der Waals surface area contributed by atoms with Gasteiger partial charge in [-0.05, 0) is 112 Å². The smallest absolute Gasteiger partial charge is 0.195 e. The molecule has 0 bridgehead atoms. The van der Waals surface area contributed by atoms with Crippen molar-refractivity contribution < 1.29 is 23.8 Å². The number of hydrogen-bond donors (Lipinski definition) is 0. The number of ketones is 2. The number of fused-ring (bicyclic) bond motifs is 2. The maximum absolute atomic E-state index is 14.0. The molecule has 0 N–H and O–H groups in total. The van der Waals surface area contributed by atoms with E-state index in [4.69, 9.17) is 14.2 Å². The van der Waals surface area contributed by atoms with E-state index >= 15 is 0 Å². The zero-order valence-corrected chi connectivity index (χ0v) is 30.2. The minimum absolute atomic E-state index is 0.113. The van der Waals surface area contributed by atoms with Crippen molar-refractivity contribution in [1.82, 2.24) is 0 Å². The summed E-state index contributed by atoms with van der Waals surface area (Å²) >= 11 is 3.00. The summed E-state index contributed by atoms with van der Waals surface area (Å²) in [6, 6.07) is 27.1. The van der Waals surface area contributed by atoms with E-state index in [0.29, 0.717) is 40.7 Å². The van der Waals surface area contributed by atoms with Gasteiger partial charge >= 0.3 is 0 Å². The van der Waals surface area contributed by atoms with Crippen molar-refractivity contribution in [1.29, 1.82) is 0 Å². The molecule has 5 nitrogen and oxygen atoms in total. The highest BCUT2D eigenvalue weighted by molar-refractivity contribution is 7.99. The van der Waals surface area contributed by atoms with Crippen LogP contribution in [0.25, 0.3) is 0 Å². The highest BCUT2D eigenvalue weighted by atomic mass is 32.2. The van der Waals surface area contributed by atoms with Gasteiger partial charge in [0.2, 0.25) is 0 Å². The molecule has 0 aliphatic heterocycles. The third kappa shape index (κ3) is 8.99. The van der Waals surface area contributed by atoms with Gasteiger partial charge in [0.15, 0.2) is 11.6 Å². The summed E-state index contributed by atoms with van der Waals surface area (Å²) in [7, 11) is 0. The fraction of sp³-hybridized carbons (Fsp3) is 0.381. The van der Waals surface area contributed by atoms with Gasteiger partial charge in [-0.2, -0.15) is 0 Å². The molecule has 0 unspecified atom stereocenters. The van der Waals surface area contributed by atoms with Crippen LogP contribution in [0, 0.1) is 11.8 Å². The molecule has 0 aromatic heterocycles. The number of hydrogen-bond acceptors (Lipinski definition) is 7. The summed E-state index contributed by atoms with van der Waals surface area (Å²) in [5, 5.41) is 0. The Balaban J connectivity index is 1.09. The molecule has 0 amide bonds. The normalized spacial score (nSPS) is 17.0. The number of carbonyl (C=O) groups is 2. The minimum Gasteiger partial charge on any atom is -0.494 e. The maximum Gasteiger partial charge on any atom is 0.195 e. The molecule has 6 rings (SSSR count). The SMILES string of the molecule is CCCCCCOc1ccc(Sc2cccc3c2C(=O)c2cccc(Sc4ccc(OCC5CCC(COCC)CC5)cc4)c2C3=O)cc1. The molecule has 0 radical (unpaired) electrons. The van der Waals surface area contributed by atoms with Gasteiger partial charge in [-0.15, -0.1) is 0 Å². The van der Waals surface area contributed by atoms with Gasteiger partial charge in [-0.3, -0.25) is 9.59 Å². The third-order valence-electron chi connectivity index (χ3n) is 9.38. The van der Waals surface area contributed by atoms with Crippen LogP contribution in [0.4, 0.5) is 0 Å². The monoisotopic (exact) mass is 694 g/mol. The second-order valence-electron chi connectivity index (χ2n) is 12.9. The quantitative estimate of drug-likeness (QED) is 0.0953. The van der Waals surface area contributed by atoms with Crippen LogP contribution in [0.1, 0.15) is 97.1 Å². The molecule has 2 aliphatic carbocycles. The van der Waals surface area contributed by atoms with E-state index in [2.05, 4.69) is 13.8 Å². The van der Waals surface area contributed by atoms with Crippen LogP contribution in [0.5, 0.6) is 11.5 Å². The van der Waals surface area contributed by atoms with Crippen molar-refractivity contribution in [2.45, 2.75) is 84.8 Å². The summed E-state index contributed by atoms with van der Waals surface area (Å²) in [4.78, 5) is 31.6. The number of rotatable bonds is 16. The molecule has 4 aromatic rings. The Morgan fingerprint density at radius 1 is 0.592 bits per heavy atom. The van der Waals surface area contributed by atoms with Crippen molar-refractivity contribution in [2.24, 2.45) is 11.8 Å². The van der Waals surface area contributed by atoms with Crippen LogP contribution < -0.4 is 9.47 Å². The van der Waals surface area contributed by atoms with Crippen molar-refractivity contribution in [2.75, 3.05) is 26.4 Å². The molecule has 256 valence electrons. The lowest BCUT2D eigenvalue weighted by Gasteiger charge is -2.28. The molecule has 4 aromatic carbocycles. The fourth-order valence-corrected chi connectivity index (χ4v) is 8.55. The van der Waals surface area contributed by atoms with Crippen LogP contribution in [-0.4, -0.2) is 38.0 Å². The van der Waals surface area contributed by atoms with E-state index in [1.807, 2.05) is 72.8 Å². The first kappa shape index (κ1) is 35.3. The summed E-state index contributed by atoms with van der Waals surface area (Å²) in [6.45, 7) is 7.37. The number of carbonyl (C=O) groups excluding carboxylic acids is 2. The van der Waals surface area contributed by atoms with Crippen molar-refractivity contribution in [3.8, 4) is 11.5 Å². The van der Waals surface area contributed by atoms with Crippen molar-refractivity contribution in [3.05, 3.63) is 107 Å². The van der Waals surface area contributed by atoms with E-state index in [0.717, 1.165) is 57.3 Å². The first-order valence-corrected chi connectivity index (χ1v) is 19.4. The molecule has 0 saturated heterocycles. The lowest BCUT2D eigenvalue weighted by atomic mass is 9.83. The first-order valence-electron chi connectivity index (χ1n) is 17.8. The topological polar surface area (TPSA) is 61.8 Å². The molecule has 0 heterocycles. The largest absolute Gasteiger partial charge is 0.494 e. The zero-order chi connectivity index (χ0) is 34.0. The highest BCUT2D eigenvalue weighted by Crippen LogP contribution is 2.41. The summed E-state index contributed by atoms with van der Waals surface area (Å²) < 4.78 is 17.7. The summed E-state index contributed by atoms with van der Waals surface area (Å²) in [5.41, 5.74) is 1.87. The summed E-state index contributed by atoms with van der Waals surface area (Å²) in [6.07, 6.45) is 9.45. The predicted molar refractivity (Wildman–Crippen MR) is 198 cm³/mol. The molecular formula is C42H46O5S2. The number of benzene rings is 4. The second kappa shape index (κ2) is 17.4. The van der Waals surface area contributed by atoms with Gasteiger partial charge in [0.25, 0.3) is 0 Å². The Labute approximate surface area is 299 Å².